The van der Waals surface area contributed by atoms with E-state index in [2.05, 4.69) is 4.90 Å². The summed E-state index contributed by atoms with van der Waals surface area (Å²) in [7, 11) is -1.42. The first kappa shape index (κ1) is 15.6. The summed E-state index contributed by atoms with van der Waals surface area (Å²) in [6.45, 7) is 2.29. The minimum absolute atomic E-state index is 0.0362. The van der Waals surface area contributed by atoms with Crippen LogP contribution in [0, 0.1) is 5.92 Å². The van der Waals surface area contributed by atoms with Crippen LogP contribution in [0.25, 0.3) is 0 Å². The zero-order chi connectivity index (χ0) is 15.9. The quantitative estimate of drug-likeness (QED) is 0.885. The summed E-state index contributed by atoms with van der Waals surface area (Å²) < 4.78 is 35.9. The molecule has 0 amide bonds. The van der Waals surface area contributed by atoms with Gasteiger partial charge in [0, 0.05) is 18.8 Å². The molecule has 22 heavy (non-hydrogen) atoms. The Morgan fingerprint density at radius 2 is 2.05 bits per heavy atom. The standard InChI is InChI=1S/C15H22N2O4S/c1-17-9-10(8-16)7-12(17)11-3-4-13-14(21-6-5-20-13)15(11)22(2,18)19/h3-4,10,12H,5-9,16H2,1-2H3. The average molecular weight is 326 g/mol. The van der Waals surface area contributed by atoms with Gasteiger partial charge in [0.25, 0.3) is 0 Å². The molecular weight excluding hydrogens is 304 g/mol. The first-order valence-corrected chi connectivity index (χ1v) is 9.33. The lowest BCUT2D eigenvalue weighted by Gasteiger charge is -2.26. The van der Waals surface area contributed by atoms with Gasteiger partial charge in [0.1, 0.15) is 18.1 Å². The predicted molar refractivity (Wildman–Crippen MR) is 83.1 cm³/mol. The van der Waals surface area contributed by atoms with E-state index in [0.29, 0.717) is 37.2 Å². The molecule has 1 aromatic rings. The maximum absolute atomic E-state index is 12.4. The van der Waals surface area contributed by atoms with E-state index in [0.717, 1.165) is 18.5 Å². The van der Waals surface area contributed by atoms with E-state index in [1.807, 2.05) is 19.2 Å². The van der Waals surface area contributed by atoms with Crippen molar-refractivity contribution in [2.45, 2.75) is 17.4 Å². The van der Waals surface area contributed by atoms with Crippen LogP contribution in [0.3, 0.4) is 0 Å². The molecule has 2 atom stereocenters. The van der Waals surface area contributed by atoms with E-state index in [-0.39, 0.29) is 10.9 Å². The minimum Gasteiger partial charge on any atom is -0.486 e. The summed E-state index contributed by atoms with van der Waals surface area (Å²) in [6, 6.07) is 3.70. The monoisotopic (exact) mass is 326 g/mol. The van der Waals surface area contributed by atoms with Crippen LogP contribution in [0.4, 0.5) is 0 Å². The number of fused-ring (bicyclic) bond motifs is 1. The molecule has 0 saturated carbocycles. The number of nitrogens with zero attached hydrogens (tertiary/aromatic N) is 1. The fraction of sp³-hybridized carbons (Fsp3) is 0.600. The van der Waals surface area contributed by atoms with Gasteiger partial charge in [0.05, 0.1) is 0 Å². The highest BCUT2D eigenvalue weighted by Gasteiger charge is 2.35. The average Bonchev–Trinajstić information content (AvgIpc) is 2.86. The van der Waals surface area contributed by atoms with Gasteiger partial charge in [-0.05, 0) is 37.6 Å². The molecule has 0 bridgehead atoms. The molecule has 3 rings (SSSR count). The Hall–Kier alpha value is -1.31. The Balaban J connectivity index is 2.12. The fourth-order valence-electron chi connectivity index (χ4n) is 3.39. The van der Waals surface area contributed by atoms with Crippen molar-refractivity contribution in [3.63, 3.8) is 0 Å². The van der Waals surface area contributed by atoms with E-state index in [1.54, 1.807) is 0 Å². The first-order valence-electron chi connectivity index (χ1n) is 7.44. The van der Waals surface area contributed by atoms with Crippen molar-refractivity contribution < 1.29 is 17.9 Å². The number of likely N-dealkylation sites (tertiary alicyclic amines) is 1. The normalized spacial score (nSPS) is 25.4. The second-order valence-corrected chi connectivity index (χ2v) is 8.03. The van der Waals surface area contributed by atoms with Gasteiger partial charge in [-0.1, -0.05) is 6.07 Å². The molecule has 6 nitrogen and oxygen atoms in total. The van der Waals surface area contributed by atoms with Crippen molar-refractivity contribution in [3.8, 4) is 11.5 Å². The van der Waals surface area contributed by atoms with Gasteiger partial charge in [-0.25, -0.2) is 8.42 Å². The third-order valence-electron chi connectivity index (χ3n) is 4.39. The van der Waals surface area contributed by atoms with E-state index < -0.39 is 9.84 Å². The molecule has 1 saturated heterocycles. The molecule has 0 spiro atoms. The Bertz CT molecular complexity index is 674. The highest BCUT2D eigenvalue weighted by molar-refractivity contribution is 7.90. The number of benzene rings is 1. The summed E-state index contributed by atoms with van der Waals surface area (Å²) >= 11 is 0. The molecule has 0 aliphatic carbocycles. The largest absolute Gasteiger partial charge is 0.486 e. The van der Waals surface area contributed by atoms with Crippen LogP contribution >= 0.6 is 0 Å². The molecular formula is C15H22N2O4S. The first-order chi connectivity index (χ1) is 10.4. The molecule has 2 N–H and O–H groups in total. The Labute approximate surface area is 131 Å². The number of hydrogen-bond donors (Lipinski definition) is 1. The highest BCUT2D eigenvalue weighted by Crippen LogP contribution is 2.44. The zero-order valence-electron chi connectivity index (χ0n) is 12.9. The summed E-state index contributed by atoms with van der Waals surface area (Å²) in [5.74, 6) is 1.25. The van der Waals surface area contributed by atoms with E-state index in [9.17, 15) is 8.42 Å². The minimum atomic E-state index is -3.42. The van der Waals surface area contributed by atoms with Crippen molar-refractivity contribution in [1.29, 1.82) is 0 Å². The second kappa shape index (κ2) is 5.72. The summed E-state index contributed by atoms with van der Waals surface area (Å²) in [5, 5.41) is 0. The van der Waals surface area contributed by atoms with Crippen molar-refractivity contribution in [2.75, 3.05) is 39.6 Å². The maximum Gasteiger partial charge on any atom is 0.180 e. The van der Waals surface area contributed by atoms with Crippen LogP contribution in [0.5, 0.6) is 11.5 Å². The highest BCUT2D eigenvalue weighted by atomic mass is 32.2. The second-order valence-electron chi connectivity index (χ2n) is 6.07. The molecule has 7 heteroatoms. The van der Waals surface area contributed by atoms with Crippen molar-refractivity contribution in [2.24, 2.45) is 11.7 Å². The van der Waals surface area contributed by atoms with Crippen molar-refractivity contribution >= 4 is 9.84 Å². The van der Waals surface area contributed by atoms with Crippen LogP contribution in [0.1, 0.15) is 18.0 Å². The summed E-state index contributed by atoms with van der Waals surface area (Å²) in [6.07, 6.45) is 2.08. The number of sulfone groups is 1. The van der Waals surface area contributed by atoms with Crippen LogP contribution in [0.15, 0.2) is 17.0 Å². The Kier molecular flexibility index (Phi) is 4.05. The van der Waals surface area contributed by atoms with Crippen LogP contribution in [-0.4, -0.2) is 52.9 Å². The molecule has 2 unspecified atom stereocenters. The Morgan fingerprint density at radius 1 is 1.32 bits per heavy atom. The molecule has 0 aromatic heterocycles. The van der Waals surface area contributed by atoms with E-state index in [4.69, 9.17) is 15.2 Å². The number of nitrogens with two attached hydrogens (primary N) is 1. The lowest BCUT2D eigenvalue weighted by atomic mass is 9.99. The molecule has 0 radical (unpaired) electrons. The maximum atomic E-state index is 12.4. The van der Waals surface area contributed by atoms with E-state index in [1.165, 1.54) is 6.26 Å². The summed E-state index contributed by atoms with van der Waals surface area (Å²) in [4.78, 5) is 2.43. The lowest BCUT2D eigenvalue weighted by molar-refractivity contribution is 0.165. The Morgan fingerprint density at radius 3 is 2.68 bits per heavy atom. The van der Waals surface area contributed by atoms with Gasteiger partial charge >= 0.3 is 0 Å². The predicted octanol–water partition coefficient (Wildman–Crippen LogP) is 0.813. The number of hydrogen-bond acceptors (Lipinski definition) is 6. The van der Waals surface area contributed by atoms with Crippen molar-refractivity contribution in [1.82, 2.24) is 4.90 Å². The number of ether oxygens (including phenoxy) is 2. The van der Waals surface area contributed by atoms with Crippen molar-refractivity contribution in [3.05, 3.63) is 17.7 Å². The van der Waals surface area contributed by atoms with E-state index >= 15 is 0 Å². The summed E-state index contributed by atoms with van der Waals surface area (Å²) in [5.41, 5.74) is 6.56. The topological polar surface area (TPSA) is 81.9 Å². The van der Waals surface area contributed by atoms with Gasteiger partial charge < -0.3 is 15.2 Å². The van der Waals surface area contributed by atoms with Gasteiger partial charge in [0.2, 0.25) is 0 Å². The molecule has 122 valence electrons. The van der Waals surface area contributed by atoms with Crippen LogP contribution in [0.2, 0.25) is 0 Å². The lowest BCUT2D eigenvalue weighted by Crippen LogP contribution is -2.23. The SMILES string of the molecule is CN1CC(CN)CC1c1ccc2c(c1S(C)(=O)=O)OCCO2. The van der Waals surface area contributed by atoms with Crippen LogP contribution in [-0.2, 0) is 9.84 Å². The fourth-order valence-corrected chi connectivity index (χ4v) is 4.52. The zero-order valence-corrected chi connectivity index (χ0v) is 13.7. The van der Waals surface area contributed by atoms with Gasteiger partial charge in [-0.2, -0.15) is 0 Å². The molecule has 2 aliphatic rings. The number of rotatable bonds is 3. The van der Waals surface area contributed by atoms with Gasteiger partial charge in [0.15, 0.2) is 21.3 Å². The van der Waals surface area contributed by atoms with Gasteiger partial charge in [-0.15, -0.1) is 0 Å². The molecule has 2 heterocycles. The molecule has 1 fully saturated rings. The smallest absolute Gasteiger partial charge is 0.180 e. The van der Waals surface area contributed by atoms with Crippen LogP contribution < -0.4 is 15.2 Å². The molecule has 1 aromatic carbocycles. The molecule has 2 aliphatic heterocycles. The third kappa shape index (κ3) is 2.68. The third-order valence-corrected chi connectivity index (χ3v) is 5.55. The van der Waals surface area contributed by atoms with Gasteiger partial charge in [-0.3, -0.25) is 4.90 Å².